The molecule has 0 atom stereocenters. The molecule has 3 heterocycles. The van der Waals surface area contributed by atoms with Crippen molar-refractivity contribution in [3.05, 3.63) is 80.9 Å². The first-order chi connectivity index (χ1) is 15.1. The van der Waals surface area contributed by atoms with Crippen LogP contribution in [0.25, 0.3) is 16.8 Å². The third kappa shape index (κ3) is 4.19. The van der Waals surface area contributed by atoms with Crippen LogP contribution in [0.5, 0.6) is 0 Å². The van der Waals surface area contributed by atoms with Crippen LogP contribution in [0.3, 0.4) is 0 Å². The van der Waals surface area contributed by atoms with Gasteiger partial charge in [0.2, 0.25) is 0 Å². The molecule has 4 rings (SSSR count). The maximum atomic E-state index is 13.8. The number of aromatic carboxylic acids is 1. The molecule has 3 aromatic heterocycles. The predicted octanol–water partition coefficient (Wildman–Crippen LogP) is 5.36. The minimum Gasteiger partial charge on any atom is -0.478 e. The van der Waals surface area contributed by atoms with Gasteiger partial charge in [0.05, 0.1) is 17.7 Å². The standard InChI is InChI=1S/C21H13ClF3N3O3S/c22-17-16(19(29)26-9-14-5-2-6-32-14)27-18-15(21(23,24)25)8-13(10-28(17)18)11-3-1-4-12(7-11)20(30)31/h1-8,10H,9H2,(H,26,29)(H,30,31). The number of carbonyl (C=O) groups is 2. The van der Waals surface area contributed by atoms with Crippen molar-refractivity contribution in [3.8, 4) is 11.1 Å². The van der Waals surface area contributed by atoms with Crippen LogP contribution in [0.2, 0.25) is 5.15 Å². The highest BCUT2D eigenvalue weighted by Crippen LogP contribution is 2.37. The number of amides is 1. The summed E-state index contributed by atoms with van der Waals surface area (Å²) >= 11 is 7.67. The zero-order valence-corrected chi connectivity index (χ0v) is 17.6. The second-order valence-electron chi connectivity index (χ2n) is 6.73. The molecule has 1 aromatic carbocycles. The number of benzene rings is 1. The molecule has 32 heavy (non-hydrogen) atoms. The number of carbonyl (C=O) groups excluding carboxylic acids is 1. The summed E-state index contributed by atoms with van der Waals surface area (Å²) in [5, 5.41) is 13.3. The van der Waals surface area contributed by atoms with Crippen LogP contribution in [0.15, 0.2) is 54.0 Å². The molecule has 11 heteroatoms. The molecule has 0 fully saturated rings. The minimum absolute atomic E-state index is 0.0674. The fourth-order valence-corrected chi connectivity index (χ4v) is 4.03. The van der Waals surface area contributed by atoms with Gasteiger partial charge in [0.25, 0.3) is 5.91 Å². The zero-order valence-electron chi connectivity index (χ0n) is 16.0. The number of nitrogens with zero attached hydrogens (tertiary/aromatic N) is 2. The van der Waals surface area contributed by atoms with E-state index in [-0.39, 0.29) is 34.1 Å². The SMILES string of the molecule is O=C(O)c1cccc(-c2cc(C(F)(F)F)c3nc(C(=O)NCc4cccs4)c(Cl)n3c2)c1. The first kappa shape index (κ1) is 21.8. The number of hydrogen-bond acceptors (Lipinski definition) is 4. The van der Waals surface area contributed by atoms with E-state index < -0.39 is 29.3 Å². The van der Waals surface area contributed by atoms with Crippen LogP contribution in [0.4, 0.5) is 13.2 Å². The second-order valence-corrected chi connectivity index (χ2v) is 8.12. The van der Waals surface area contributed by atoms with Crippen LogP contribution in [-0.2, 0) is 12.7 Å². The third-order valence-electron chi connectivity index (χ3n) is 4.63. The summed E-state index contributed by atoms with van der Waals surface area (Å²) in [6.07, 6.45) is -3.50. The van der Waals surface area contributed by atoms with Gasteiger partial charge in [0, 0.05) is 11.1 Å². The van der Waals surface area contributed by atoms with Crippen molar-refractivity contribution in [3.63, 3.8) is 0 Å². The fourth-order valence-electron chi connectivity index (χ4n) is 3.12. The summed E-state index contributed by atoms with van der Waals surface area (Å²) in [5.41, 5.74) is -1.74. The van der Waals surface area contributed by atoms with E-state index >= 15 is 0 Å². The number of imidazole rings is 1. The molecular weight excluding hydrogens is 467 g/mol. The quantitative estimate of drug-likeness (QED) is 0.403. The Kier molecular flexibility index (Phi) is 5.66. The normalized spacial score (nSPS) is 11.6. The number of thiophene rings is 1. The number of halogens is 4. The van der Waals surface area contributed by atoms with E-state index in [0.717, 1.165) is 15.3 Å². The number of hydrogen-bond donors (Lipinski definition) is 2. The third-order valence-corrected chi connectivity index (χ3v) is 5.87. The van der Waals surface area contributed by atoms with Crippen molar-refractivity contribution < 1.29 is 27.9 Å². The number of fused-ring (bicyclic) bond motifs is 1. The Morgan fingerprint density at radius 3 is 2.59 bits per heavy atom. The lowest BCUT2D eigenvalue weighted by Crippen LogP contribution is -2.23. The van der Waals surface area contributed by atoms with Gasteiger partial charge in [-0.15, -0.1) is 11.3 Å². The molecule has 0 bridgehead atoms. The Morgan fingerprint density at radius 1 is 1.16 bits per heavy atom. The Balaban J connectivity index is 1.82. The second kappa shape index (κ2) is 8.29. The predicted molar refractivity (Wildman–Crippen MR) is 113 cm³/mol. The van der Waals surface area contributed by atoms with Gasteiger partial charge in [0.1, 0.15) is 5.15 Å². The molecule has 0 aliphatic carbocycles. The average Bonchev–Trinajstić information content (AvgIpc) is 3.39. The lowest BCUT2D eigenvalue weighted by atomic mass is 10.0. The van der Waals surface area contributed by atoms with E-state index in [0.29, 0.717) is 0 Å². The van der Waals surface area contributed by atoms with E-state index in [1.807, 2.05) is 5.38 Å². The van der Waals surface area contributed by atoms with Gasteiger partial charge in [-0.3, -0.25) is 9.20 Å². The molecule has 0 radical (unpaired) electrons. The molecule has 6 nitrogen and oxygen atoms in total. The number of carboxylic acids is 1. The molecule has 0 saturated heterocycles. The lowest BCUT2D eigenvalue weighted by Gasteiger charge is -2.12. The van der Waals surface area contributed by atoms with Crippen molar-refractivity contribution in [2.75, 3.05) is 0 Å². The number of nitrogens with one attached hydrogen (secondary N) is 1. The van der Waals surface area contributed by atoms with Crippen molar-refractivity contribution in [1.29, 1.82) is 0 Å². The van der Waals surface area contributed by atoms with Crippen molar-refractivity contribution >= 4 is 40.5 Å². The summed E-state index contributed by atoms with van der Waals surface area (Å²) in [4.78, 5) is 28.5. The monoisotopic (exact) mass is 479 g/mol. The van der Waals surface area contributed by atoms with E-state index in [1.54, 1.807) is 12.1 Å². The molecular formula is C21H13ClF3N3O3S. The van der Waals surface area contributed by atoms with Gasteiger partial charge in [-0.2, -0.15) is 13.2 Å². The van der Waals surface area contributed by atoms with Crippen LogP contribution < -0.4 is 5.32 Å². The average molecular weight is 480 g/mol. The Hall–Kier alpha value is -3.37. The lowest BCUT2D eigenvalue weighted by molar-refractivity contribution is -0.136. The highest BCUT2D eigenvalue weighted by Gasteiger charge is 2.36. The van der Waals surface area contributed by atoms with E-state index in [1.165, 1.54) is 41.8 Å². The smallest absolute Gasteiger partial charge is 0.420 e. The Labute approximate surface area is 187 Å². The first-order valence-corrected chi connectivity index (χ1v) is 10.3. The number of alkyl halides is 3. The number of carboxylic acid groups (broad SMARTS) is 1. The van der Waals surface area contributed by atoms with Crippen LogP contribution in [0, 0.1) is 0 Å². The van der Waals surface area contributed by atoms with Gasteiger partial charge in [0.15, 0.2) is 11.3 Å². The highest BCUT2D eigenvalue weighted by molar-refractivity contribution is 7.09. The molecule has 0 unspecified atom stereocenters. The highest BCUT2D eigenvalue weighted by atomic mass is 35.5. The van der Waals surface area contributed by atoms with Crippen LogP contribution in [-0.4, -0.2) is 26.4 Å². The minimum atomic E-state index is -4.79. The Morgan fingerprint density at radius 2 is 1.94 bits per heavy atom. The fraction of sp³-hybridized carbons (Fsp3) is 0.0952. The van der Waals surface area contributed by atoms with Gasteiger partial charge < -0.3 is 10.4 Å². The molecule has 164 valence electrons. The van der Waals surface area contributed by atoms with E-state index in [9.17, 15) is 27.9 Å². The molecule has 1 amide bonds. The number of pyridine rings is 1. The summed E-state index contributed by atoms with van der Waals surface area (Å²) in [6.45, 7) is 0.181. The van der Waals surface area contributed by atoms with E-state index in [2.05, 4.69) is 10.3 Å². The maximum Gasteiger partial charge on any atom is 0.420 e. The molecule has 0 saturated carbocycles. The summed E-state index contributed by atoms with van der Waals surface area (Å²) in [5.74, 6) is -1.93. The summed E-state index contributed by atoms with van der Waals surface area (Å²) in [7, 11) is 0. The van der Waals surface area contributed by atoms with Crippen molar-refractivity contribution in [2.45, 2.75) is 12.7 Å². The van der Waals surface area contributed by atoms with Crippen LogP contribution >= 0.6 is 22.9 Å². The van der Waals surface area contributed by atoms with Crippen LogP contribution in [0.1, 0.15) is 31.3 Å². The van der Waals surface area contributed by atoms with Crippen molar-refractivity contribution in [2.24, 2.45) is 0 Å². The number of aromatic nitrogens is 2. The van der Waals surface area contributed by atoms with Gasteiger partial charge in [-0.05, 0) is 40.8 Å². The van der Waals surface area contributed by atoms with Gasteiger partial charge in [-0.1, -0.05) is 29.8 Å². The van der Waals surface area contributed by atoms with E-state index in [4.69, 9.17) is 11.6 Å². The molecule has 0 aliphatic rings. The van der Waals surface area contributed by atoms with Gasteiger partial charge in [-0.25, -0.2) is 9.78 Å². The molecule has 4 aromatic rings. The largest absolute Gasteiger partial charge is 0.478 e. The topological polar surface area (TPSA) is 83.7 Å². The van der Waals surface area contributed by atoms with Gasteiger partial charge >= 0.3 is 12.1 Å². The molecule has 0 aliphatic heterocycles. The molecule has 0 spiro atoms. The zero-order chi connectivity index (χ0) is 23.0. The number of rotatable bonds is 5. The van der Waals surface area contributed by atoms with Crippen molar-refractivity contribution in [1.82, 2.24) is 14.7 Å². The first-order valence-electron chi connectivity index (χ1n) is 9.08. The maximum absolute atomic E-state index is 13.8. The Bertz CT molecular complexity index is 1330. The summed E-state index contributed by atoms with van der Waals surface area (Å²) in [6, 6.07) is 9.95. The summed E-state index contributed by atoms with van der Waals surface area (Å²) < 4.78 is 42.4. The molecule has 2 N–H and O–H groups in total.